The van der Waals surface area contributed by atoms with Gasteiger partial charge >= 0.3 is 0 Å². The average Bonchev–Trinajstić information content (AvgIpc) is 3.41. The Bertz CT molecular complexity index is 1010. The van der Waals surface area contributed by atoms with Crippen molar-refractivity contribution in [1.29, 1.82) is 0 Å². The fourth-order valence-corrected chi connectivity index (χ4v) is 4.84. The molecule has 0 amide bonds. The average molecular weight is 435 g/mol. The van der Waals surface area contributed by atoms with Gasteiger partial charge in [-0.2, -0.15) is 0 Å². The van der Waals surface area contributed by atoms with Crippen molar-refractivity contribution >= 4 is 46.0 Å². The smallest absolute Gasteiger partial charge is 0.191 e. The van der Waals surface area contributed by atoms with E-state index in [9.17, 15) is 0 Å². The number of benzene rings is 1. The molecule has 5 nitrogen and oxygen atoms in total. The van der Waals surface area contributed by atoms with Crippen molar-refractivity contribution in [1.82, 2.24) is 19.7 Å². The minimum Gasteiger partial charge on any atom is -0.486 e. The Morgan fingerprint density at radius 3 is 2.78 bits per heavy atom. The SMILES string of the molecule is Cn1c(SCc2csc(COc3ccc(Cl)cc3)n2)nnc1-c1cccs1. The lowest BCUT2D eigenvalue weighted by Gasteiger charge is -2.03. The van der Waals surface area contributed by atoms with Crippen LogP contribution >= 0.6 is 46.0 Å². The summed E-state index contributed by atoms with van der Waals surface area (Å²) < 4.78 is 7.77. The maximum atomic E-state index is 5.88. The molecule has 0 N–H and O–H groups in total. The molecule has 0 fully saturated rings. The van der Waals surface area contributed by atoms with Crippen LogP contribution in [0.4, 0.5) is 0 Å². The Morgan fingerprint density at radius 2 is 2.00 bits per heavy atom. The number of halogens is 1. The molecule has 3 aromatic heterocycles. The Kier molecular flexibility index (Phi) is 5.77. The normalized spacial score (nSPS) is 11.0. The van der Waals surface area contributed by atoms with Crippen LogP contribution in [-0.4, -0.2) is 19.7 Å². The van der Waals surface area contributed by atoms with Crippen LogP contribution in [0.2, 0.25) is 5.02 Å². The molecule has 27 heavy (non-hydrogen) atoms. The quantitative estimate of drug-likeness (QED) is 0.358. The number of thiophene rings is 1. The molecular weight excluding hydrogens is 420 g/mol. The fraction of sp³-hybridized carbons (Fsp3) is 0.167. The molecule has 9 heteroatoms. The molecule has 0 atom stereocenters. The number of ether oxygens (including phenoxy) is 1. The van der Waals surface area contributed by atoms with Gasteiger partial charge in [0.2, 0.25) is 0 Å². The van der Waals surface area contributed by atoms with Crippen molar-refractivity contribution in [2.45, 2.75) is 17.5 Å². The Balaban J connectivity index is 1.34. The number of hydrogen-bond acceptors (Lipinski definition) is 7. The van der Waals surface area contributed by atoms with Gasteiger partial charge in [0.1, 0.15) is 17.4 Å². The molecular formula is C18H15ClN4OS3. The summed E-state index contributed by atoms with van der Waals surface area (Å²) in [6, 6.07) is 11.4. The van der Waals surface area contributed by atoms with Crippen molar-refractivity contribution in [3.63, 3.8) is 0 Å². The van der Waals surface area contributed by atoms with Crippen LogP contribution in [0, 0.1) is 0 Å². The summed E-state index contributed by atoms with van der Waals surface area (Å²) in [6.45, 7) is 0.448. The first-order valence-electron chi connectivity index (χ1n) is 8.07. The summed E-state index contributed by atoms with van der Waals surface area (Å²) in [6.07, 6.45) is 0. The number of thiazole rings is 1. The van der Waals surface area contributed by atoms with Gasteiger partial charge in [0.25, 0.3) is 0 Å². The molecule has 0 saturated carbocycles. The summed E-state index contributed by atoms with van der Waals surface area (Å²) >= 11 is 10.8. The first-order chi connectivity index (χ1) is 13.2. The van der Waals surface area contributed by atoms with Gasteiger partial charge in [-0.15, -0.1) is 32.9 Å². The van der Waals surface area contributed by atoms with E-state index in [0.29, 0.717) is 11.6 Å². The maximum absolute atomic E-state index is 5.88. The molecule has 0 spiro atoms. The molecule has 0 bridgehead atoms. The third-order valence-electron chi connectivity index (χ3n) is 3.70. The highest BCUT2D eigenvalue weighted by atomic mass is 35.5. The number of hydrogen-bond donors (Lipinski definition) is 0. The van der Waals surface area contributed by atoms with Crippen LogP contribution in [0.3, 0.4) is 0 Å². The summed E-state index contributed by atoms with van der Waals surface area (Å²) in [7, 11) is 1.99. The molecule has 0 aliphatic carbocycles. The van der Waals surface area contributed by atoms with Gasteiger partial charge in [0.05, 0.1) is 10.6 Å². The predicted octanol–water partition coefficient (Wildman–Crippen LogP) is 5.52. The highest BCUT2D eigenvalue weighted by Gasteiger charge is 2.13. The Morgan fingerprint density at radius 1 is 1.15 bits per heavy atom. The van der Waals surface area contributed by atoms with E-state index in [-0.39, 0.29) is 0 Å². The van der Waals surface area contributed by atoms with Crippen molar-refractivity contribution in [3.8, 4) is 16.5 Å². The molecule has 0 aliphatic rings. The lowest BCUT2D eigenvalue weighted by molar-refractivity contribution is 0.305. The molecule has 0 saturated heterocycles. The third kappa shape index (κ3) is 4.52. The summed E-state index contributed by atoms with van der Waals surface area (Å²) in [5.74, 6) is 2.42. The molecule has 0 radical (unpaired) electrons. The number of rotatable bonds is 7. The molecule has 0 aliphatic heterocycles. The van der Waals surface area contributed by atoms with Gasteiger partial charge in [-0.25, -0.2) is 4.98 Å². The van der Waals surface area contributed by atoms with Gasteiger partial charge in [0.15, 0.2) is 11.0 Å². The van der Waals surface area contributed by atoms with Crippen LogP contribution in [0.15, 0.2) is 52.3 Å². The molecule has 1 aromatic carbocycles. The van der Waals surface area contributed by atoms with E-state index < -0.39 is 0 Å². The molecule has 138 valence electrons. The number of aromatic nitrogens is 4. The zero-order valence-corrected chi connectivity index (χ0v) is 17.5. The van der Waals surface area contributed by atoms with E-state index in [1.54, 1.807) is 34.4 Å². The Hall–Kier alpha value is -1.87. The van der Waals surface area contributed by atoms with Crippen LogP contribution < -0.4 is 4.74 Å². The zero-order valence-electron chi connectivity index (χ0n) is 14.3. The van der Waals surface area contributed by atoms with Crippen molar-refractivity contribution in [2.24, 2.45) is 7.05 Å². The van der Waals surface area contributed by atoms with E-state index in [1.165, 1.54) is 0 Å². The van der Waals surface area contributed by atoms with Crippen LogP contribution in [0.25, 0.3) is 10.7 Å². The van der Waals surface area contributed by atoms with Gasteiger partial charge in [0, 0.05) is 23.2 Å². The highest BCUT2D eigenvalue weighted by Crippen LogP contribution is 2.28. The second-order valence-corrected chi connectivity index (χ2v) is 8.88. The summed E-state index contributed by atoms with van der Waals surface area (Å²) in [5.41, 5.74) is 1.01. The predicted molar refractivity (Wildman–Crippen MR) is 112 cm³/mol. The number of nitrogens with zero attached hydrogens (tertiary/aromatic N) is 4. The van der Waals surface area contributed by atoms with Gasteiger partial charge in [-0.1, -0.05) is 29.4 Å². The minimum atomic E-state index is 0.448. The van der Waals surface area contributed by atoms with Crippen LogP contribution in [0.1, 0.15) is 10.7 Å². The van der Waals surface area contributed by atoms with E-state index in [0.717, 1.165) is 38.1 Å². The Labute approximate surface area is 174 Å². The topological polar surface area (TPSA) is 52.8 Å². The fourth-order valence-electron chi connectivity index (χ4n) is 2.36. The lowest BCUT2D eigenvalue weighted by atomic mass is 10.3. The van der Waals surface area contributed by atoms with Crippen LogP contribution in [-0.2, 0) is 19.4 Å². The first kappa shape index (κ1) is 18.5. The molecule has 3 heterocycles. The second-order valence-electron chi connectivity index (χ2n) is 5.61. The zero-order chi connectivity index (χ0) is 18.6. The summed E-state index contributed by atoms with van der Waals surface area (Å²) in [5, 5.41) is 15.2. The van der Waals surface area contributed by atoms with Gasteiger partial charge < -0.3 is 9.30 Å². The monoisotopic (exact) mass is 434 g/mol. The lowest BCUT2D eigenvalue weighted by Crippen LogP contribution is -1.96. The third-order valence-corrected chi connectivity index (χ3v) is 6.74. The van der Waals surface area contributed by atoms with E-state index >= 15 is 0 Å². The van der Waals surface area contributed by atoms with Crippen molar-refractivity contribution in [2.75, 3.05) is 0 Å². The largest absolute Gasteiger partial charge is 0.486 e. The molecule has 0 unspecified atom stereocenters. The van der Waals surface area contributed by atoms with Gasteiger partial charge in [-0.05, 0) is 35.7 Å². The first-order valence-corrected chi connectivity index (χ1v) is 11.2. The van der Waals surface area contributed by atoms with E-state index in [4.69, 9.17) is 16.3 Å². The second kappa shape index (κ2) is 8.43. The maximum Gasteiger partial charge on any atom is 0.191 e. The molecule has 4 aromatic rings. The molecule has 4 rings (SSSR count). The van der Waals surface area contributed by atoms with Gasteiger partial charge in [-0.3, -0.25) is 0 Å². The van der Waals surface area contributed by atoms with E-state index in [2.05, 4.69) is 26.6 Å². The van der Waals surface area contributed by atoms with Crippen LogP contribution in [0.5, 0.6) is 5.75 Å². The standard InChI is InChI=1S/C18H15ClN4OS3/c1-23-17(15-3-2-8-25-15)21-22-18(23)27-11-13-10-26-16(20-13)9-24-14-6-4-12(19)5-7-14/h2-8,10H,9,11H2,1H3. The number of thioether (sulfide) groups is 1. The van der Waals surface area contributed by atoms with Crippen molar-refractivity contribution in [3.05, 3.63) is 62.9 Å². The van der Waals surface area contributed by atoms with E-state index in [1.807, 2.05) is 47.3 Å². The summed E-state index contributed by atoms with van der Waals surface area (Å²) in [4.78, 5) is 5.75. The minimum absolute atomic E-state index is 0.448. The van der Waals surface area contributed by atoms with Crippen molar-refractivity contribution < 1.29 is 4.74 Å². The highest BCUT2D eigenvalue weighted by molar-refractivity contribution is 7.98.